The van der Waals surface area contributed by atoms with Gasteiger partial charge in [0.2, 0.25) is 5.91 Å². The summed E-state index contributed by atoms with van der Waals surface area (Å²) in [5.74, 6) is -0.0237. The third-order valence-electron chi connectivity index (χ3n) is 4.24. The summed E-state index contributed by atoms with van der Waals surface area (Å²) >= 11 is 0. The van der Waals surface area contributed by atoms with Crippen LogP contribution < -0.4 is 10.6 Å². The van der Waals surface area contributed by atoms with Gasteiger partial charge >= 0.3 is 0 Å². The van der Waals surface area contributed by atoms with Crippen molar-refractivity contribution >= 4 is 21.4 Å². The minimum atomic E-state index is -3.12. The summed E-state index contributed by atoms with van der Waals surface area (Å²) in [6.07, 6.45) is 5.10. The summed E-state index contributed by atoms with van der Waals surface area (Å²) in [6.45, 7) is 0.613. The van der Waals surface area contributed by atoms with Crippen molar-refractivity contribution in [1.29, 1.82) is 0 Å². The average molecular weight is 338 g/mol. The topological polar surface area (TPSA) is 75.3 Å². The Morgan fingerprint density at radius 3 is 2.65 bits per heavy atom. The number of nitrogens with one attached hydrogen (secondary N) is 2. The van der Waals surface area contributed by atoms with Gasteiger partial charge in [0.15, 0.2) is 9.84 Å². The molecule has 0 atom stereocenters. The Morgan fingerprint density at radius 2 is 1.96 bits per heavy atom. The number of carbonyl (C=O) groups is 1. The first-order valence-electron chi connectivity index (χ1n) is 8.26. The van der Waals surface area contributed by atoms with Gasteiger partial charge in [0.05, 0.1) is 11.0 Å². The van der Waals surface area contributed by atoms with Crippen LogP contribution in [0.1, 0.15) is 44.1 Å². The van der Waals surface area contributed by atoms with Gasteiger partial charge in [-0.15, -0.1) is 0 Å². The molecule has 1 aliphatic carbocycles. The molecule has 1 saturated carbocycles. The molecular formula is C17H26N2O3S. The number of anilines is 1. The largest absolute Gasteiger partial charge is 0.326 e. The van der Waals surface area contributed by atoms with E-state index < -0.39 is 9.84 Å². The zero-order valence-electron chi connectivity index (χ0n) is 13.7. The summed E-state index contributed by atoms with van der Waals surface area (Å²) < 4.78 is 25.1. The van der Waals surface area contributed by atoms with E-state index in [1.165, 1.54) is 0 Å². The van der Waals surface area contributed by atoms with E-state index in [2.05, 4.69) is 10.6 Å². The van der Waals surface area contributed by atoms with Gasteiger partial charge in [0.1, 0.15) is 0 Å². The summed E-state index contributed by atoms with van der Waals surface area (Å²) in [5, 5.41) is 5.53. The minimum absolute atomic E-state index is 0.0535. The molecule has 0 unspecified atom stereocenters. The molecule has 0 spiro atoms. The fourth-order valence-corrected chi connectivity index (χ4v) is 4.91. The molecule has 6 heteroatoms. The number of hydrogen-bond acceptors (Lipinski definition) is 4. The zero-order chi connectivity index (χ0) is 16.7. The molecule has 0 aliphatic heterocycles. The summed E-state index contributed by atoms with van der Waals surface area (Å²) in [4.78, 5) is 11.7. The maximum absolute atomic E-state index is 12.5. The molecule has 0 aromatic heterocycles. The minimum Gasteiger partial charge on any atom is -0.326 e. The second-order valence-electron chi connectivity index (χ2n) is 6.17. The van der Waals surface area contributed by atoms with E-state index in [0.29, 0.717) is 18.7 Å². The zero-order valence-corrected chi connectivity index (χ0v) is 14.5. The molecule has 2 N–H and O–H groups in total. The molecule has 128 valence electrons. The second-order valence-corrected chi connectivity index (χ2v) is 8.45. The third kappa shape index (κ3) is 5.62. The van der Waals surface area contributed by atoms with E-state index in [-0.39, 0.29) is 16.9 Å². The van der Waals surface area contributed by atoms with E-state index in [4.69, 9.17) is 0 Å². The van der Waals surface area contributed by atoms with Gasteiger partial charge in [-0.2, -0.15) is 0 Å². The Hall–Kier alpha value is -1.40. The molecule has 1 aromatic rings. The number of sulfone groups is 1. The fourth-order valence-electron chi connectivity index (χ4n) is 2.98. The molecule has 2 rings (SSSR count). The monoisotopic (exact) mass is 338 g/mol. The Labute approximate surface area is 138 Å². The Bertz CT molecular complexity index is 622. The average Bonchev–Trinajstić information content (AvgIpc) is 2.53. The molecule has 1 aromatic carbocycles. The standard InChI is InChI=1S/C17H26N2O3S/c1-18-11-10-17(20)19-15-7-5-6-14(12-15)13-23(21,22)16-8-3-2-4-9-16/h5-7,12,16,18H,2-4,8-11,13H2,1H3,(H,19,20). The number of amides is 1. The normalized spacial score (nSPS) is 16.2. The lowest BCUT2D eigenvalue weighted by atomic mass is 10.0. The lowest BCUT2D eigenvalue weighted by Gasteiger charge is -2.21. The molecule has 0 bridgehead atoms. The number of benzene rings is 1. The predicted octanol–water partition coefficient (Wildman–Crippen LogP) is 2.48. The molecule has 1 amide bonds. The van der Waals surface area contributed by atoms with Crippen LogP contribution in [0.25, 0.3) is 0 Å². The van der Waals surface area contributed by atoms with Gasteiger partial charge in [-0.25, -0.2) is 8.42 Å². The van der Waals surface area contributed by atoms with E-state index >= 15 is 0 Å². The molecule has 23 heavy (non-hydrogen) atoms. The van der Waals surface area contributed by atoms with Crippen molar-refractivity contribution in [1.82, 2.24) is 5.32 Å². The maximum Gasteiger partial charge on any atom is 0.225 e. The first-order chi connectivity index (χ1) is 11.0. The maximum atomic E-state index is 12.5. The van der Waals surface area contributed by atoms with Crippen LogP contribution in [-0.4, -0.2) is 33.2 Å². The van der Waals surface area contributed by atoms with Crippen molar-refractivity contribution in [3.63, 3.8) is 0 Å². The molecule has 1 aliphatic rings. The van der Waals surface area contributed by atoms with Gasteiger partial charge < -0.3 is 10.6 Å². The molecular weight excluding hydrogens is 312 g/mol. The van der Waals surface area contributed by atoms with Crippen LogP contribution in [0.15, 0.2) is 24.3 Å². The molecule has 0 saturated heterocycles. The number of carbonyl (C=O) groups excluding carboxylic acids is 1. The second kappa shape index (κ2) is 8.45. The van der Waals surface area contributed by atoms with Gasteiger partial charge in [0, 0.05) is 18.7 Å². The molecule has 0 radical (unpaired) electrons. The summed E-state index contributed by atoms with van der Waals surface area (Å²) in [5.41, 5.74) is 1.39. The van der Waals surface area contributed by atoms with Crippen molar-refractivity contribution < 1.29 is 13.2 Å². The van der Waals surface area contributed by atoms with Crippen LogP contribution >= 0.6 is 0 Å². The van der Waals surface area contributed by atoms with Crippen molar-refractivity contribution in [2.45, 2.75) is 49.5 Å². The van der Waals surface area contributed by atoms with Crippen LogP contribution in [0.3, 0.4) is 0 Å². The Morgan fingerprint density at radius 1 is 1.22 bits per heavy atom. The SMILES string of the molecule is CNCCC(=O)Nc1cccc(CS(=O)(=O)C2CCCCC2)c1. The number of rotatable bonds is 7. The van der Waals surface area contributed by atoms with E-state index in [1.807, 2.05) is 6.07 Å². The summed E-state index contributed by atoms with van der Waals surface area (Å²) in [6, 6.07) is 7.15. The van der Waals surface area contributed by atoms with Gasteiger partial charge in [-0.3, -0.25) is 4.79 Å². The van der Waals surface area contributed by atoms with E-state index in [1.54, 1.807) is 25.2 Å². The quantitative estimate of drug-likeness (QED) is 0.801. The highest BCUT2D eigenvalue weighted by molar-refractivity contribution is 7.91. The highest BCUT2D eigenvalue weighted by Crippen LogP contribution is 2.26. The van der Waals surface area contributed by atoms with Crippen molar-refractivity contribution in [2.24, 2.45) is 0 Å². The smallest absolute Gasteiger partial charge is 0.225 e. The molecule has 5 nitrogen and oxygen atoms in total. The predicted molar refractivity (Wildman–Crippen MR) is 93.1 cm³/mol. The molecule has 0 heterocycles. The van der Waals surface area contributed by atoms with Crippen molar-refractivity contribution in [3.8, 4) is 0 Å². The molecule has 1 fully saturated rings. The van der Waals surface area contributed by atoms with E-state index in [0.717, 1.165) is 37.7 Å². The highest BCUT2D eigenvalue weighted by atomic mass is 32.2. The third-order valence-corrected chi connectivity index (χ3v) is 6.46. The van der Waals surface area contributed by atoms with Crippen LogP contribution in [0.2, 0.25) is 0 Å². The first-order valence-corrected chi connectivity index (χ1v) is 9.98. The van der Waals surface area contributed by atoms with Crippen LogP contribution in [-0.2, 0) is 20.4 Å². The van der Waals surface area contributed by atoms with E-state index in [9.17, 15) is 13.2 Å². The van der Waals surface area contributed by atoms with Crippen molar-refractivity contribution in [3.05, 3.63) is 29.8 Å². The van der Waals surface area contributed by atoms with Gasteiger partial charge in [-0.1, -0.05) is 31.4 Å². The van der Waals surface area contributed by atoms with Crippen LogP contribution in [0, 0.1) is 0 Å². The Kier molecular flexibility index (Phi) is 6.59. The number of hydrogen-bond donors (Lipinski definition) is 2. The first kappa shape index (κ1) is 17.9. The lowest BCUT2D eigenvalue weighted by molar-refractivity contribution is -0.116. The Balaban J connectivity index is 2.00. The van der Waals surface area contributed by atoms with Crippen LogP contribution in [0.5, 0.6) is 0 Å². The summed E-state index contributed by atoms with van der Waals surface area (Å²) in [7, 11) is -1.32. The highest BCUT2D eigenvalue weighted by Gasteiger charge is 2.27. The van der Waals surface area contributed by atoms with Gasteiger partial charge in [-0.05, 0) is 37.6 Å². The fraction of sp³-hybridized carbons (Fsp3) is 0.588. The lowest BCUT2D eigenvalue weighted by Crippen LogP contribution is -2.25. The van der Waals surface area contributed by atoms with Gasteiger partial charge in [0.25, 0.3) is 0 Å². The van der Waals surface area contributed by atoms with Crippen molar-refractivity contribution in [2.75, 3.05) is 18.9 Å². The van der Waals surface area contributed by atoms with Crippen LogP contribution in [0.4, 0.5) is 5.69 Å².